The Morgan fingerprint density at radius 3 is 2.78 bits per heavy atom. The monoisotopic (exact) mass is 572 g/mol. The average molecular weight is 573 g/mol. The molecular weight excluding hydrogens is 539 g/mol. The first-order chi connectivity index (χ1) is 15.1. The van der Waals surface area contributed by atoms with E-state index < -0.39 is 10.8 Å². The summed E-state index contributed by atoms with van der Waals surface area (Å²) in [5.74, 6) is 1.48. The zero-order valence-electron chi connectivity index (χ0n) is 18.6. The Balaban J connectivity index is 0.00000363. The van der Waals surface area contributed by atoms with E-state index in [2.05, 4.69) is 16.0 Å². The van der Waals surface area contributed by atoms with E-state index in [4.69, 9.17) is 9.41 Å². The molecule has 7 nitrogen and oxygen atoms in total. The number of aliphatic imine (C=N–C) groups is 1. The van der Waals surface area contributed by atoms with Gasteiger partial charge in [-0.3, -0.25) is 9.00 Å². The molecule has 0 radical (unpaired) electrons. The van der Waals surface area contributed by atoms with Gasteiger partial charge in [0.25, 0.3) is 5.91 Å². The third-order valence-electron chi connectivity index (χ3n) is 5.32. The molecule has 3 unspecified atom stereocenters. The Bertz CT molecular complexity index is 904. The normalized spacial score (nSPS) is 19.5. The number of furan rings is 1. The maximum Gasteiger partial charge on any atom is 0.291 e. The zero-order chi connectivity index (χ0) is 22.1. The van der Waals surface area contributed by atoms with Crippen LogP contribution in [0.2, 0.25) is 0 Å². The third kappa shape index (κ3) is 7.91. The van der Waals surface area contributed by atoms with Gasteiger partial charge in [-0.15, -0.1) is 24.0 Å². The molecule has 1 aromatic heterocycles. The summed E-state index contributed by atoms with van der Waals surface area (Å²) < 4.78 is 17.4. The fourth-order valence-corrected chi connectivity index (χ4v) is 5.13. The van der Waals surface area contributed by atoms with Crippen molar-refractivity contribution in [3.8, 4) is 0 Å². The number of guanidine groups is 1. The number of nitrogens with zero attached hydrogens (tertiary/aromatic N) is 1. The van der Waals surface area contributed by atoms with Gasteiger partial charge in [-0.1, -0.05) is 25.5 Å². The Morgan fingerprint density at radius 1 is 1.22 bits per heavy atom. The molecule has 1 heterocycles. The van der Waals surface area contributed by atoms with Gasteiger partial charge in [0.05, 0.1) is 12.8 Å². The van der Waals surface area contributed by atoms with Crippen LogP contribution in [0.4, 0.5) is 5.69 Å². The van der Waals surface area contributed by atoms with E-state index in [0.717, 1.165) is 49.5 Å². The maximum absolute atomic E-state index is 12.2. The Hall–Kier alpha value is -1.88. The number of nitrogens with one attached hydrogen (secondary N) is 3. The lowest BCUT2D eigenvalue weighted by molar-refractivity contribution is 0.0996. The number of rotatable bonds is 8. The highest BCUT2D eigenvalue weighted by atomic mass is 127. The second kappa shape index (κ2) is 13.6. The summed E-state index contributed by atoms with van der Waals surface area (Å²) in [6.45, 7) is 5.28. The standard InChI is InChI=1S/C23H32N4O3S.HI/c1-3-24-23(27-19-10-6-11-20(15-19)31(29)4-2)25-16-17-8-5-9-18(14-17)26-22(28)21-12-7-13-30-21;/h5,7-9,12-14,19-20H,3-4,6,10-11,15-16H2,1-2H3,(H,26,28)(H2,24,25,27);1H. The molecule has 1 saturated carbocycles. The summed E-state index contributed by atoms with van der Waals surface area (Å²) in [5.41, 5.74) is 1.69. The number of halogens is 1. The molecule has 1 aromatic carbocycles. The van der Waals surface area contributed by atoms with Crippen LogP contribution >= 0.6 is 24.0 Å². The SMILES string of the molecule is CCNC(=NCc1cccc(NC(=O)c2ccco2)c1)NC1CCCC(S(=O)CC)C1.I. The lowest BCUT2D eigenvalue weighted by atomic mass is 9.95. The van der Waals surface area contributed by atoms with Gasteiger partial charge in [0.15, 0.2) is 11.7 Å². The summed E-state index contributed by atoms with van der Waals surface area (Å²) in [6, 6.07) is 11.2. The lowest BCUT2D eigenvalue weighted by Gasteiger charge is -2.30. The Kier molecular flexibility index (Phi) is 11.2. The number of benzene rings is 1. The largest absolute Gasteiger partial charge is 0.459 e. The number of carbonyl (C=O) groups is 1. The first kappa shape index (κ1) is 26.4. The van der Waals surface area contributed by atoms with Crippen molar-refractivity contribution in [3.05, 3.63) is 54.0 Å². The molecule has 9 heteroatoms. The number of anilines is 1. The van der Waals surface area contributed by atoms with Crippen LogP contribution in [-0.2, 0) is 17.3 Å². The number of carbonyl (C=O) groups excluding carboxylic acids is 1. The molecule has 0 bridgehead atoms. The third-order valence-corrected chi connectivity index (χ3v) is 7.06. The van der Waals surface area contributed by atoms with E-state index in [-0.39, 0.29) is 46.9 Å². The molecular formula is C23H33IN4O3S. The van der Waals surface area contributed by atoms with Crippen LogP contribution in [0.3, 0.4) is 0 Å². The molecule has 0 aliphatic heterocycles. The highest BCUT2D eigenvalue weighted by Gasteiger charge is 2.26. The summed E-state index contributed by atoms with van der Waals surface area (Å²) in [7, 11) is -0.747. The van der Waals surface area contributed by atoms with Crippen LogP contribution in [0, 0.1) is 0 Å². The van der Waals surface area contributed by atoms with E-state index >= 15 is 0 Å². The fraction of sp³-hybridized carbons (Fsp3) is 0.478. The van der Waals surface area contributed by atoms with E-state index in [1.165, 1.54) is 6.26 Å². The van der Waals surface area contributed by atoms with E-state index in [1.54, 1.807) is 12.1 Å². The predicted molar refractivity (Wildman–Crippen MR) is 141 cm³/mol. The lowest BCUT2D eigenvalue weighted by Crippen LogP contribution is -2.46. The van der Waals surface area contributed by atoms with Crippen LogP contribution in [-0.4, -0.2) is 39.7 Å². The molecule has 3 N–H and O–H groups in total. The van der Waals surface area contributed by atoms with Crippen LogP contribution in [0.5, 0.6) is 0 Å². The van der Waals surface area contributed by atoms with Gasteiger partial charge in [0.1, 0.15) is 0 Å². The van der Waals surface area contributed by atoms with Crippen LogP contribution in [0.1, 0.15) is 55.6 Å². The van der Waals surface area contributed by atoms with E-state index in [0.29, 0.717) is 12.2 Å². The molecule has 3 atom stereocenters. The van der Waals surface area contributed by atoms with E-state index in [9.17, 15) is 9.00 Å². The Morgan fingerprint density at radius 2 is 2.06 bits per heavy atom. The fourth-order valence-electron chi connectivity index (χ4n) is 3.78. The summed E-state index contributed by atoms with van der Waals surface area (Å²) >= 11 is 0. The number of amides is 1. The first-order valence-corrected chi connectivity index (χ1v) is 12.3. The van der Waals surface area contributed by atoms with Crippen molar-refractivity contribution in [3.63, 3.8) is 0 Å². The number of hydrogen-bond acceptors (Lipinski definition) is 4. The van der Waals surface area contributed by atoms with Gasteiger partial charge in [0, 0.05) is 40.1 Å². The summed E-state index contributed by atoms with van der Waals surface area (Å²) in [5, 5.41) is 9.94. The minimum absolute atomic E-state index is 0. The quantitative estimate of drug-likeness (QED) is 0.249. The second-order valence-corrected chi connectivity index (χ2v) is 9.63. The molecule has 0 saturated heterocycles. The minimum atomic E-state index is -0.747. The molecule has 1 amide bonds. The van der Waals surface area contributed by atoms with Crippen molar-refractivity contribution < 1.29 is 13.4 Å². The van der Waals surface area contributed by atoms with Crippen molar-refractivity contribution >= 4 is 52.3 Å². The molecule has 32 heavy (non-hydrogen) atoms. The van der Waals surface area contributed by atoms with Gasteiger partial charge < -0.3 is 20.4 Å². The summed E-state index contributed by atoms with van der Waals surface area (Å²) in [6.07, 6.45) is 5.59. The topological polar surface area (TPSA) is 95.7 Å². The number of hydrogen-bond donors (Lipinski definition) is 3. The molecule has 1 fully saturated rings. The molecule has 3 rings (SSSR count). The van der Waals surface area contributed by atoms with Crippen molar-refractivity contribution in [1.29, 1.82) is 0 Å². The van der Waals surface area contributed by atoms with Gasteiger partial charge in [-0.05, 0) is 56.0 Å². The van der Waals surface area contributed by atoms with Gasteiger partial charge in [-0.25, -0.2) is 4.99 Å². The van der Waals surface area contributed by atoms with Crippen LogP contribution in [0.15, 0.2) is 52.1 Å². The molecule has 1 aliphatic rings. The van der Waals surface area contributed by atoms with Gasteiger partial charge >= 0.3 is 0 Å². The van der Waals surface area contributed by atoms with Crippen molar-refractivity contribution in [2.24, 2.45) is 4.99 Å². The van der Waals surface area contributed by atoms with Gasteiger partial charge in [-0.2, -0.15) is 0 Å². The molecule has 0 spiro atoms. The average Bonchev–Trinajstić information content (AvgIpc) is 3.33. The van der Waals surface area contributed by atoms with Crippen LogP contribution in [0.25, 0.3) is 0 Å². The highest BCUT2D eigenvalue weighted by Crippen LogP contribution is 2.23. The molecule has 176 valence electrons. The van der Waals surface area contributed by atoms with Crippen molar-refractivity contribution in [1.82, 2.24) is 10.6 Å². The zero-order valence-corrected chi connectivity index (χ0v) is 21.8. The van der Waals surface area contributed by atoms with Gasteiger partial charge in [0.2, 0.25) is 0 Å². The second-order valence-electron chi connectivity index (χ2n) is 7.63. The smallest absolute Gasteiger partial charge is 0.291 e. The van der Waals surface area contributed by atoms with Crippen molar-refractivity contribution in [2.45, 2.75) is 57.4 Å². The highest BCUT2D eigenvalue weighted by molar-refractivity contribution is 14.0. The molecule has 1 aliphatic carbocycles. The molecule has 2 aromatic rings. The Labute approximate surface area is 209 Å². The van der Waals surface area contributed by atoms with E-state index in [1.807, 2.05) is 38.1 Å². The maximum atomic E-state index is 12.2. The van der Waals surface area contributed by atoms with Crippen molar-refractivity contribution in [2.75, 3.05) is 17.6 Å². The first-order valence-electron chi connectivity index (χ1n) is 10.9. The predicted octanol–water partition coefficient (Wildman–Crippen LogP) is 4.28. The summed E-state index contributed by atoms with van der Waals surface area (Å²) in [4.78, 5) is 16.9. The van der Waals surface area contributed by atoms with Crippen LogP contribution < -0.4 is 16.0 Å². The minimum Gasteiger partial charge on any atom is -0.459 e.